The van der Waals surface area contributed by atoms with Crippen molar-refractivity contribution < 1.29 is 19.0 Å². The molecule has 1 fully saturated rings. The first-order valence-corrected chi connectivity index (χ1v) is 12.1. The van der Waals surface area contributed by atoms with Crippen LogP contribution in [0.15, 0.2) is 36.4 Å². The van der Waals surface area contributed by atoms with Crippen molar-refractivity contribution in [2.24, 2.45) is 5.92 Å². The van der Waals surface area contributed by atoms with Crippen LogP contribution in [-0.4, -0.2) is 65.4 Å². The highest BCUT2D eigenvalue weighted by Crippen LogP contribution is 2.38. The quantitative estimate of drug-likeness (QED) is 0.459. The molecule has 2 heterocycles. The fourth-order valence-electron chi connectivity index (χ4n) is 4.29. The zero-order valence-electron chi connectivity index (χ0n) is 21.4. The highest BCUT2D eigenvalue weighted by Gasteiger charge is 2.17. The van der Waals surface area contributed by atoms with E-state index in [2.05, 4.69) is 44.7 Å². The second kappa shape index (κ2) is 11.9. The lowest BCUT2D eigenvalue weighted by molar-refractivity contribution is -0.122. The monoisotopic (exact) mass is 494 g/mol. The van der Waals surface area contributed by atoms with Crippen molar-refractivity contribution in [3.05, 3.63) is 47.5 Å². The van der Waals surface area contributed by atoms with E-state index in [1.165, 1.54) is 23.2 Å². The van der Waals surface area contributed by atoms with Gasteiger partial charge in [-0.15, -0.1) is 10.2 Å². The molecule has 4 rings (SSSR count). The minimum atomic E-state index is -0.237. The van der Waals surface area contributed by atoms with E-state index in [4.69, 9.17) is 14.2 Å². The first kappa shape index (κ1) is 25.4. The Kier molecular flexibility index (Phi) is 8.37. The van der Waals surface area contributed by atoms with Crippen molar-refractivity contribution in [2.45, 2.75) is 39.4 Å². The van der Waals surface area contributed by atoms with Crippen LogP contribution in [0.3, 0.4) is 0 Å². The van der Waals surface area contributed by atoms with Gasteiger partial charge in [-0.1, -0.05) is 31.2 Å². The maximum atomic E-state index is 12.5. The van der Waals surface area contributed by atoms with Crippen molar-refractivity contribution in [1.82, 2.24) is 30.4 Å². The number of methoxy groups -OCH3 is 3. The van der Waals surface area contributed by atoms with Gasteiger partial charge >= 0.3 is 0 Å². The molecule has 0 bridgehead atoms. The smallest absolute Gasteiger partial charge is 0.243 e. The highest BCUT2D eigenvalue weighted by atomic mass is 16.5. The number of piperidine rings is 1. The predicted octanol–water partition coefficient (Wildman–Crippen LogP) is 2.91. The molecule has 0 aliphatic carbocycles. The van der Waals surface area contributed by atoms with Gasteiger partial charge in [-0.05, 0) is 60.3 Å². The van der Waals surface area contributed by atoms with Crippen LogP contribution in [0.25, 0.3) is 11.4 Å². The molecule has 0 unspecified atom stereocenters. The van der Waals surface area contributed by atoms with Gasteiger partial charge in [0.15, 0.2) is 11.5 Å². The van der Waals surface area contributed by atoms with Crippen LogP contribution in [-0.2, 0) is 24.4 Å². The molecule has 0 spiro atoms. The normalized spacial score (nSPS) is 14.4. The number of hydrogen-bond donors (Lipinski definition) is 1. The summed E-state index contributed by atoms with van der Waals surface area (Å²) in [6.07, 6.45) is 2.53. The molecular formula is C26H34N6O4. The molecular weight excluding hydrogens is 460 g/mol. The van der Waals surface area contributed by atoms with E-state index >= 15 is 0 Å². The molecule has 1 saturated heterocycles. The minimum absolute atomic E-state index is 0.0388. The maximum Gasteiger partial charge on any atom is 0.243 e. The lowest BCUT2D eigenvalue weighted by Crippen LogP contribution is -2.32. The van der Waals surface area contributed by atoms with Gasteiger partial charge < -0.3 is 19.5 Å². The zero-order chi connectivity index (χ0) is 25.5. The topological polar surface area (TPSA) is 104 Å². The number of likely N-dealkylation sites (tertiary alicyclic amines) is 1. The third kappa shape index (κ3) is 6.31. The molecule has 2 aromatic carbocycles. The van der Waals surface area contributed by atoms with Gasteiger partial charge in [-0.25, -0.2) is 0 Å². The largest absolute Gasteiger partial charge is 0.493 e. The molecule has 1 aliphatic heterocycles. The molecule has 192 valence electrons. The molecule has 10 heteroatoms. The Morgan fingerprint density at radius 2 is 1.67 bits per heavy atom. The summed E-state index contributed by atoms with van der Waals surface area (Å²) in [5, 5.41) is 15.4. The number of amides is 1. The average molecular weight is 495 g/mol. The highest BCUT2D eigenvalue weighted by molar-refractivity contribution is 5.75. The van der Waals surface area contributed by atoms with Crippen LogP contribution in [0, 0.1) is 5.92 Å². The van der Waals surface area contributed by atoms with Gasteiger partial charge in [0.1, 0.15) is 6.54 Å². The third-order valence-corrected chi connectivity index (χ3v) is 6.45. The SMILES string of the molecule is COc1cc(CNC(=O)Cn2nnc(-c3ccc(CN4CCC(C)CC4)cc3)n2)cc(OC)c1OC. The van der Waals surface area contributed by atoms with Gasteiger partial charge in [0.05, 0.1) is 21.3 Å². The van der Waals surface area contributed by atoms with Crippen LogP contribution in [0.5, 0.6) is 17.2 Å². The van der Waals surface area contributed by atoms with Crippen molar-refractivity contribution in [2.75, 3.05) is 34.4 Å². The average Bonchev–Trinajstić information content (AvgIpc) is 3.36. The number of hydrogen-bond acceptors (Lipinski definition) is 8. The molecule has 3 aromatic rings. The van der Waals surface area contributed by atoms with Crippen LogP contribution in [0.1, 0.15) is 30.9 Å². The number of rotatable bonds is 10. The third-order valence-electron chi connectivity index (χ3n) is 6.45. The predicted molar refractivity (Wildman–Crippen MR) is 135 cm³/mol. The molecule has 0 atom stereocenters. The minimum Gasteiger partial charge on any atom is -0.493 e. The molecule has 1 amide bonds. The summed E-state index contributed by atoms with van der Waals surface area (Å²) in [6.45, 7) is 5.84. The number of carbonyl (C=O) groups is 1. The molecule has 1 N–H and O–H groups in total. The summed E-state index contributed by atoms with van der Waals surface area (Å²) in [5.74, 6) is 2.64. The number of aromatic nitrogens is 4. The van der Waals surface area contributed by atoms with Gasteiger partial charge in [0, 0.05) is 18.7 Å². The number of nitrogens with one attached hydrogen (secondary N) is 1. The lowest BCUT2D eigenvalue weighted by atomic mass is 9.99. The Labute approximate surface area is 211 Å². The Balaban J connectivity index is 1.31. The molecule has 10 nitrogen and oxygen atoms in total. The summed E-state index contributed by atoms with van der Waals surface area (Å²) >= 11 is 0. The number of tetrazole rings is 1. The fraction of sp³-hybridized carbons (Fsp3) is 0.462. The molecule has 0 radical (unpaired) electrons. The van der Waals surface area contributed by atoms with Gasteiger partial charge in [-0.3, -0.25) is 9.69 Å². The summed E-state index contributed by atoms with van der Waals surface area (Å²) in [5.41, 5.74) is 2.95. The van der Waals surface area contributed by atoms with Gasteiger partial charge in [0.25, 0.3) is 0 Å². The standard InChI is InChI=1S/C26H34N6O4/c1-18-9-11-31(12-10-18)16-19-5-7-21(8-6-19)26-28-30-32(29-26)17-24(33)27-15-20-13-22(34-2)25(36-4)23(14-20)35-3/h5-8,13-14,18H,9-12,15-17H2,1-4H3,(H,27,33). The summed E-state index contributed by atoms with van der Waals surface area (Å²) < 4.78 is 16.1. The first-order valence-electron chi connectivity index (χ1n) is 12.1. The van der Waals surface area contributed by atoms with Crippen molar-refractivity contribution in [3.8, 4) is 28.6 Å². The van der Waals surface area contributed by atoms with Crippen LogP contribution in [0.2, 0.25) is 0 Å². The van der Waals surface area contributed by atoms with Crippen LogP contribution >= 0.6 is 0 Å². The lowest BCUT2D eigenvalue weighted by Gasteiger charge is -2.30. The van der Waals surface area contributed by atoms with Crippen molar-refractivity contribution >= 4 is 5.91 Å². The first-order chi connectivity index (χ1) is 17.5. The second-order valence-corrected chi connectivity index (χ2v) is 9.11. The Hall–Kier alpha value is -3.66. The summed E-state index contributed by atoms with van der Waals surface area (Å²) in [7, 11) is 4.65. The number of carbonyl (C=O) groups excluding carboxylic acids is 1. The summed E-state index contributed by atoms with van der Waals surface area (Å²) in [6, 6.07) is 11.8. The Bertz CT molecular complexity index is 1130. The molecule has 1 aromatic heterocycles. The van der Waals surface area contributed by atoms with E-state index in [-0.39, 0.29) is 19.0 Å². The van der Waals surface area contributed by atoms with E-state index < -0.39 is 0 Å². The van der Waals surface area contributed by atoms with Crippen molar-refractivity contribution in [1.29, 1.82) is 0 Å². The zero-order valence-corrected chi connectivity index (χ0v) is 21.4. The number of ether oxygens (including phenoxy) is 3. The summed E-state index contributed by atoms with van der Waals surface area (Å²) in [4.78, 5) is 16.3. The number of nitrogens with zero attached hydrogens (tertiary/aromatic N) is 5. The molecule has 1 aliphatic rings. The number of benzene rings is 2. The second-order valence-electron chi connectivity index (χ2n) is 9.11. The van der Waals surface area contributed by atoms with E-state index in [9.17, 15) is 4.79 Å². The van der Waals surface area contributed by atoms with E-state index in [1.54, 1.807) is 33.5 Å². The Morgan fingerprint density at radius 1 is 1.00 bits per heavy atom. The van der Waals surface area contributed by atoms with Crippen molar-refractivity contribution in [3.63, 3.8) is 0 Å². The van der Waals surface area contributed by atoms with Crippen LogP contribution in [0.4, 0.5) is 0 Å². The fourth-order valence-corrected chi connectivity index (χ4v) is 4.29. The van der Waals surface area contributed by atoms with E-state index in [1.807, 2.05) is 12.1 Å². The van der Waals surface area contributed by atoms with Crippen LogP contribution < -0.4 is 19.5 Å². The van der Waals surface area contributed by atoms with Gasteiger partial charge in [-0.2, -0.15) is 4.80 Å². The van der Waals surface area contributed by atoms with E-state index in [0.29, 0.717) is 23.1 Å². The van der Waals surface area contributed by atoms with Gasteiger partial charge in [0.2, 0.25) is 17.5 Å². The Morgan fingerprint density at radius 3 is 2.28 bits per heavy atom. The molecule has 0 saturated carbocycles. The van der Waals surface area contributed by atoms with E-state index in [0.717, 1.165) is 36.7 Å². The maximum absolute atomic E-state index is 12.5. The molecule has 36 heavy (non-hydrogen) atoms.